The molecule has 3 heteroatoms. The SMILES string of the molecule is C=C[C@@H](NCC)C(=O)O. The van der Waals surface area contributed by atoms with Crippen molar-refractivity contribution < 1.29 is 9.90 Å². The maximum Gasteiger partial charge on any atom is 0.324 e. The molecule has 0 fully saturated rings. The zero-order valence-electron chi connectivity index (χ0n) is 5.42. The second-order valence-corrected chi connectivity index (χ2v) is 1.61. The molecule has 0 aromatic rings. The molecule has 0 saturated heterocycles. The van der Waals surface area contributed by atoms with Gasteiger partial charge in [-0.2, -0.15) is 0 Å². The van der Waals surface area contributed by atoms with E-state index in [2.05, 4.69) is 11.9 Å². The van der Waals surface area contributed by atoms with Crippen molar-refractivity contribution in [3.05, 3.63) is 12.7 Å². The molecule has 52 valence electrons. The van der Waals surface area contributed by atoms with E-state index in [1.54, 1.807) is 0 Å². The third-order valence-corrected chi connectivity index (χ3v) is 0.926. The fourth-order valence-electron chi connectivity index (χ4n) is 0.491. The minimum absolute atomic E-state index is 0.602. The average Bonchev–Trinajstić information content (AvgIpc) is 1.82. The molecule has 0 bridgehead atoms. The van der Waals surface area contributed by atoms with Gasteiger partial charge in [-0.25, -0.2) is 0 Å². The summed E-state index contributed by atoms with van der Waals surface area (Å²) in [5.41, 5.74) is 0. The van der Waals surface area contributed by atoms with Crippen molar-refractivity contribution in [2.75, 3.05) is 6.54 Å². The molecule has 0 radical (unpaired) electrons. The zero-order chi connectivity index (χ0) is 7.28. The number of hydrogen-bond acceptors (Lipinski definition) is 2. The molecule has 0 saturated carbocycles. The van der Waals surface area contributed by atoms with Gasteiger partial charge in [0, 0.05) is 0 Å². The van der Waals surface area contributed by atoms with E-state index < -0.39 is 12.0 Å². The van der Waals surface area contributed by atoms with Crippen LogP contribution in [0.3, 0.4) is 0 Å². The van der Waals surface area contributed by atoms with E-state index >= 15 is 0 Å². The van der Waals surface area contributed by atoms with Crippen molar-refractivity contribution in [1.29, 1.82) is 0 Å². The van der Waals surface area contributed by atoms with Crippen molar-refractivity contribution in [3.8, 4) is 0 Å². The van der Waals surface area contributed by atoms with Crippen LogP contribution in [0.4, 0.5) is 0 Å². The van der Waals surface area contributed by atoms with Gasteiger partial charge < -0.3 is 10.4 Å². The number of likely N-dealkylation sites (N-methyl/N-ethyl adjacent to an activating group) is 1. The fourth-order valence-corrected chi connectivity index (χ4v) is 0.491. The molecule has 0 aromatic carbocycles. The average molecular weight is 129 g/mol. The highest BCUT2D eigenvalue weighted by atomic mass is 16.4. The highest BCUT2D eigenvalue weighted by Crippen LogP contribution is 1.82. The second-order valence-electron chi connectivity index (χ2n) is 1.61. The van der Waals surface area contributed by atoms with Crippen LogP contribution < -0.4 is 5.32 Å². The smallest absolute Gasteiger partial charge is 0.324 e. The minimum atomic E-state index is -0.883. The first-order valence-corrected chi connectivity index (χ1v) is 2.81. The van der Waals surface area contributed by atoms with Gasteiger partial charge in [-0.05, 0) is 6.54 Å². The van der Waals surface area contributed by atoms with Gasteiger partial charge in [-0.15, -0.1) is 6.58 Å². The summed E-state index contributed by atoms with van der Waals surface area (Å²) in [6.45, 7) is 5.85. The largest absolute Gasteiger partial charge is 0.480 e. The highest BCUT2D eigenvalue weighted by Gasteiger charge is 2.08. The summed E-state index contributed by atoms with van der Waals surface area (Å²) < 4.78 is 0. The van der Waals surface area contributed by atoms with Gasteiger partial charge in [-0.1, -0.05) is 13.0 Å². The lowest BCUT2D eigenvalue weighted by Gasteiger charge is -2.05. The molecule has 0 rings (SSSR count). The Kier molecular flexibility index (Phi) is 3.71. The Labute approximate surface area is 54.4 Å². The van der Waals surface area contributed by atoms with Crippen LogP contribution in [0.25, 0.3) is 0 Å². The maximum atomic E-state index is 10.2. The number of nitrogens with one attached hydrogen (secondary N) is 1. The number of carboxylic acids is 1. The summed E-state index contributed by atoms with van der Waals surface area (Å²) in [4.78, 5) is 10.2. The lowest BCUT2D eigenvalue weighted by molar-refractivity contribution is -0.138. The molecule has 9 heavy (non-hydrogen) atoms. The Bertz CT molecular complexity index is 112. The van der Waals surface area contributed by atoms with E-state index in [1.165, 1.54) is 6.08 Å². The summed E-state index contributed by atoms with van der Waals surface area (Å²) >= 11 is 0. The lowest BCUT2D eigenvalue weighted by Crippen LogP contribution is -2.34. The molecular formula is C6H11NO2. The second kappa shape index (κ2) is 4.09. The quantitative estimate of drug-likeness (QED) is 0.534. The molecule has 0 aliphatic rings. The van der Waals surface area contributed by atoms with Crippen molar-refractivity contribution in [2.45, 2.75) is 13.0 Å². The summed E-state index contributed by atoms with van der Waals surface area (Å²) in [5, 5.41) is 11.1. The lowest BCUT2D eigenvalue weighted by atomic mass is 10.3. The third-order valence-electron chi connectivity index (χ3n) is 0.926. The van der Waals surface area contributed by atoms with Crippen molar-refractivity contribution in [2.24, 2.45) is 0 Å². The maximum absolute atomic E-state index is 10.2. The molecule has 0 unspecified atom stereocenters. The first kappa shape index (κ1) is 8.17. The molecule has 0 spiro atoms. The van der Waals surface area contributed by atoms with Crippen LogP contribution >= 0.6 is 0 Å². The molecule has 0 amide bonds. The Morgan fingerprint density at radius 2 is 2.56 bits per heavy atom. The standard InChI is InChI=1S/C6H11NO2/c1-3-5(6(8)9)7-4-2/h3,5,7H,1,4H2,2H3,(H,8,9)/t5-/m1/s1. The third kappa shape index (κ3) is 2.87. The predicted molar refractivity (Wildman–Crippen MR) is 35.3 cm³/mol. The van der Waals surface area contributed by atoms with E-state index in [-0.39, 0.29) is 0 Å². The number of carboxylic acid groups (broad SMARTS) is 1. The predicted octanol–water partition coefficient (Wildman–Crippen LogP) is 0.235. The summed E-state index contributed by atoms with van der Waals surface area (Å²) in [6.07, 6.45) is 1.37. The number of aliphatic carboxylic acids is 1. The van der Waals surface area contributed by atoms with Crippen LogP contribution in [0.1, 0.15) is 6.92 Å². The zero-order valence-corrected chi connectivity index (χ0v) is 5.42. The topological polar surface area (TPSA) is 49.3 Å². The van der Waals surface area contributed by atoms with Crippen LogP contribution in [0, 0.1) is 0 Å². The van der Waals surface area contributed by atoms with E-state index in [0.29, 0.717) is 6.54 Å². The first-order valence-electron chi connectivity index (χ1n) is 2.81. The van der Waals surface area contributed by atoms with Crippen molar-refractivity contribution >= 4 is 5.97 Å². The Balaban J connectivity index is 3.68. The van der Waals surface area contributed by atoms with Crippen LogP contribution in [-0.2, 0) is 4.79 Å². The fraction of sp³-hybridized carbons (Fsp3) is 0.500. The Morgan fingerprint density at radius 1 is 2.00 bits per heavy atom. The van der Waals surface area contributed by atoms with Crippen LogP contribution in [0.2, 0.25) is 0 Å². The number of hydrogen-bond donors (Lipinski definition) is 2. The highest BCUT2D eigenvalue weighted by molar-refractivity contribution is 5.75. The molecule has 0 aliphatic carbocycles. The van der Waals surface area contributed by atoms with E-state index in [4.69, 9.17) is 5.11 Å². The van der Waals surface area contributed by atoms with Gasteiger partial charge in [0.15, 0.2) is 0 Å². The Morgan fingerprint density at radius 3 is 2.67 bits per heavy atom. The van der Waals surface area contributed by atoms with E-state index in [9.17, 15) is 4.79 Å². The molecule has 3 nitrogen and oxygen atoms in total. The molecule has 0 heterocycles. The Hall–Kier alpha value is -0.830. The van der Waals surface area contributed by atoms with E-state index in [0.717, 1.165) is 0 Å². The van der Waals surface area contributed by atoms with Gasteiger partial charge in [0.25, 0.3) is 0 Å². The monoisotopic (exact) mass is 129 g/mol. The van der Waals surface area contributed by atoms with Crippen LogP contribution in [-0.4, -0.2) is 23.7 Å². The van der Waals surface area contributed by atoms with Gasteiger partial charge in [0.1, 0.15) is 6.04 Å². The summed E-state index contributed by atoms with van der Waals surface area (Å²) in [6, 6.07) is -0.602. The number of carbonyl (C=O) groups is 1. The summed E-state index contributed by atoms with van der Waals surface area (Å²) in [7, 11) is 0. The van der Waals surface area contributed by atoms with E-state index in [1.807, 2.05) is 6.92 Å². The normalized spacial score (nSPS) is 12.6. The van der Waals surface area contributed by atoms with Crippen molar-refractivity contribution in [1.82, 2.24) is 5.32 Å². The van der Waals surface area contributed by atoms with Crippen molar-refractivity contribution in [3.63, 3.8) is 0 Å². The molecule has 0 aromatic heterocycles. The minimum Gasteiger partial charge on any atom is -0.480 e. The molecular weight excluding hydrogens is 118 g/mol. The number of rotatable bonds is 4. The molecule has 0 aliphatic heterocycles. The van der Waals surface area contributed by atoms with Gasteiger partial charge in [0.05, 0.1) is 0 Å². The van der Waals surface area contributed by atoms with Crippen LogP contribution in [0.5, 0.6) is 0 Å². The molecule has 2 N–H and O–H groups in total. The van der Waals surface area contributed by atoms with Crippen LogP contribution in [0.15, 0.2) is 12.7 Å². The van der Waals surface area contributed by atoms with Gasteiger partial charge >= 0.3 is 5.97 Å². The first-order chi connectivity index (χ1) is 4.22. The summed E-state index contributed by atoms with van der Waals surface area (Å²) in [5.74, 6) is -0.883. The van der Waals surface area contributed by atoms with Gasteiger partial charge in [0.2, 0.25) is 0 Å². The van der Waals surface area contributed by atoms with Gasteiger partial charge in [-0.3, -0.25) is 4.79 Å². The molecule has 1 atom stereocenters.